The zero-order chi connectivity index (χ0) is 13.5. The maximum atomic E-state index is 11.8. The quantitative estimate of drug-likeness (QED) is 0.356. The van der Waals surface area contributed by atoms with E-state index < -0.39 is 4.92 Å². The van der Waals surface area contributed by atoms with E-state index in [1.807, 2.05) is 13.8 Å². The molecule has 2 N–H and O–H groups in total. The molecule has 0 spiro atoms. The molecule has 1 heterocycles. The van der Waals surface area contributed by atoms with E-state index in [-0.39, 0.29) is 17.0 Å². The molecule has 96 valence electrons. The van der Waals surface area contributed by atoms with E-state index in [0.29, 0.717) is 18.5 Å². The van der Waals surface area contributed by atoms with Crippen molar-refractivity contribution in [2.24, 2.45) is 5.84 Å². The number of non-ortho nitro benzene ring substituents is 1. The first-order valence-electron chi connectivity index (χ1n) is 5.69. The summed E-state index contributed by atoms with van der Waals surface area (Å²) in [6, 6.07) is 4.50. The van der Waals surface area contributed by atoms with Gasteiger partial charge in [0.2, 0.25) is 5.91 Å². The topological polar surface area (TPSA) is 89.5 Å². The molecular formula is C12H15N3O3. The predicted molar refractivity (Wildman–Crippen MR) is 67.0 cm³/mol. The van der Waals surface area contributed by atoms with Crippen LogP contribution in [0.25, 0.3) is 0 Å². The van der Waals surface area contributed by atoms with Gasteiger partial charge in [-0.2, -0.15) is 0 Å². The Bertz CT molecular complexity index is 525. The van der Waals surface area contributed by atoms with E-state index >= 15 is 0 Å². The number of nitro groups is 1. The third kappa shape index (κ3) is 1.95. The molecule has 0 aromatic heterocycles. The summed E-state index contributed by atoms with van der Waals surface area (Å²) in [5, 5.41) is 11.8. The van der Waals surface area contributed by atoms with Crippen molar-refractivity contribution < 1.29 is 9.72 Å². The van der Waals surface area contributed by atoms with Gasteiger partial charge < -0.3 is 0 Å². The first kappa shape index (κ1) is 12.5. The van der Waals surface area contributed by atoms with Crippen LogP contribution >= 0.6 is 0 Å². The number of carbonyl (C=O) groups is 1. The minimum absolute atomic E-state index is 0.0605. The van der Waals surface area contributed by atoms with Crippen molar-refractivity contribution in [3.63, 3.8) is 0 Å². The summed E-state index contributed by atoms with van der Waals surface area (Å²) >= 11 is 0. The number of rotatable bonds is 1. The van der Waals surface area contributed by atoms with Crippen LogP contribution in [0, 0.1) is 10.1 Å². The number of hydrogen-bond acceptors (Lipinski definition) is 4. The second kappa shape index (κ2) is 4.06. The number of nitro benzene ring substituents is 1. The molecule has 18 heavy (non-hydrogen) atoms. The Morgan fingerprint density at radius 2 is 2.11 bits per heavy atom. The standard InChI is InChI=1S/C12H15N3O3/c1-12(2)6-5-11(16)14(13)10-7-8(15(17)18)3-4-9(10)12/h3-4,7H,5-6,13H2,1-2H3. The van der Waals surface area contributed by atoms with Crippen molar-refractivity contribution >= 4 is 17.3 Å². The molecule has 1 aromatic carbocycles. The summed E-state index contributed by atoms with van der Waals surface area (Å²) in [4.78, 5) is 22.1. The minimum atomic E-state index is -0.490. The lowest BCUT2D eigenvalue weighted by atomic mass is 9.80. The molecule has 0 atom stereocenters. The van der Waals surface area contributed by atoms with Gasteiger partial charge in [0.05, 0.1) is 10.6 Å². The van der Waals surface area contributed by atoms with Crippen molar-refractivity contribution in [2.75, 3.05) is 5.01 Å². The minimum Gasteiger partial charge on any atom is -0.273 e. The van der Waals surface area contributed by atoms with Crippen LogP contribution in [-0.2, 0) is 10.2 Å². The third-order valence-electron chi connectivity index (χ3n) is 3.41. The molecule has 0 aliphatic carbocycles. The lowest BCUT2D eigenvalue weighted by Gasteiger charge is -2.25. The molecule has 1 amide bonds. The molecule has 1 aliphatic heterocycles. The highest BCUT2D eigenvalue weighted by molar-refractivity contribution is 5.94. The molecule has 6 heteroatoms. The summed E-state index contributed by atoms with van der Waals surface area (Å²) in [6.07, 6.45) is 1.01. The Hall–Kier alpha value is -1.95. The van der Waals surface area contributed by atoms with E-state index in [9.17, 15) is 14.9 Å². The molecular weight excluding hydrogens is 234 g/mol. The lowest BCUT2D eigenvalue weighted by molar-refractivity contribution is -0.384. The van der Waals surface area contributed by atoms with Gasteiger partial charge in [-0.1, -0.05) is 13.8 Å². The van der Waals surface area contributed by atoms with Crippen LogP contribution in [0.2, 0.25) is 0 Å². The first-order valence-corrected chi connectivity index (χ1v) is 5.69. The average molecular weight is 249 g/mol. The number of anilines is 1. The Labute approximate surface area is 104 Å². The summed E-state index contributed by atoms with van der Waals surface area (Å²) in [5.41, 5.74) is 1.00. The highest BCUT2D eigenvalue weighted by Crippen LogP contribution is 2.39. The molecule has 0 saturated heterocycles. The normalized spacial score (nSPS) is 18.2. The Balaban J connectivity index is 2.63. The van der Waals surface area contributed by atoms with Crippen molar-refractivity contribution in [2.45, 2.75) is 32.1 Å². The fourth-order valence-corrected chi connectivity index (χ4v) is 2.21. The van der Waals surface area contributed by atoms with Gasteiger partial charge in [-0.05, 0) is 23.5 Å². The fourth-order valence-electron chi connectivity index (χ4n) is 2.21. The average Bonchev–Trinajstić information content (AvgIpc) is 2.41. The van der Waals surface area contributed by atoms with Crippen LogP contribution in [0.1, 0.15) is 32.3 Å². The number of nitrogens with zero attached hydrogens (tertiary/aromatic N) is 2. The van der Waals surface area contributed by atoms with Crippen LogP contribution in [0.3, 0.4) is 0 Å². The number of fused-ring (bicyclic) bond motifs is 1. The highest BCUT2D eigenvalue weighted by Gasteiger charge is 2.32. The van der Waals surface area contributed by atoms with Crippen molar-refractivity contribution in [3.8, 4) is 0 Å². The SMILES string of the molecule is CC1(C)CCC(=O)N(N)c2cc([N+](=O)[O-])ccc21. The molecule has 0 radical (unpaired) electrons. The maximum absolute atomic E-state index is 11.8. The number of amides is 1. The molecule has 6 nitrogen and oxygen atoms in total. The third-order valence-corrected chi connectivity index (χ3v) is 3.41. The second-order valence-corrected chi connectivity index (χ2v) is 5.11. The van der Waals surface area contributed by atoms with Gasteiger partial charge in [0.15, 0.2) is 0 Å². The van der Waals surface area contributed by atoms with Crippen LogP contribution in [0.5, 0.6) is 0 Å². The van der Waals surface area contributed by atoms with Crippen molar-refractivity contribution in [1.82, 2.24) is 0 Å². The number of hydrogen-bond donors (Lipinski definition) is 1. The monoisotopic (exact) mass is 249 g/mol. The van der Waals surface area contributed by atoms with Crippen molar-refractivity contribution in [3.05, 3.63) is 33.9 Å². The Kier molecular flexibility index (Phi) is 2.82. The smallest absolute Gasteiger partial charge is 0.271 e. The molecule has 0 fully saturated rings. The van der Waals surface area contributed by atoms with Gasteiger partial charge in [-0.25, -0.2) is 10.9 Å². The highest BCUT2D eigenvalue weighted by atomic mass is 16.6. The molecule has 0 saturated carbocycles. The molecule has 0 unspecified atom stereocenters. The lowest BCUT2D eigenvalue weighted by Crippen LogP contribution is -2.36. The number of hydrazine groups is 1. The maximum Gasteiger partial charge on any atom is 0.271 e. The number of benzene rings is 1. The van der Waals surface area contributed by atoms with Crippen LogP contribution < -0.4 is 10.9 Å². The molecule has 2 rings (SSSR count). The largest absolute Gasteiger partial charge is 0.273 e. The molecule has 0 bridgehead atoms. The zero-order valence-electron chi connectivity index (χ0n) is 10.3. The number of nitrogens with two attached hydrogens (primary N) is 1. The van der Waals surface area contributed by atoms with Crippen LogP contribution in [0.4, 0.5) is 11.4 Å². The van der Waals surface area contributed by atoms with E-state index in [1.54, 1.807) is 6.07 Å². The Morgan fingerprint density at radius 3 is 2.72 bits per heavy atom. The molecule has 1 aromatic rings. The van der Waals surface area contributed by atoms with Gasteiger partial charge in [0.1, 0.15) is 0 Å². The summed E-state index contributed by atoms with van der Waals surface area (Å²) in [5.74, 6) is 5.52. The fraction of sp³-hybridized carbons (Fsp3) is 0.417. The van der Waals surface area contributed by atoms with Crippen molar-refractivity contribution in [1.29, 1.82) is 0 Å². The summed E-state index contributed by atoms with van der Waals surface area (Å²) in [6.45, 7) is 4.01. The van der Waals surface area contributed by atoms with E-state index in [2.05, 4.69) is 0 Å². The van der Waals surface area contributed by atoms with Gasteiger partial charge in [-0.3, -0.25) is 14.9 Å². The first-order chi connectivity index (χ1) is 8.33. The summed E-state index contributed by atoms with van der Waals surface area (Å²) in [7, 11) is 0. The second-order valence-electron chi connectivity index (χ2n) is 5.11. The van der Waals surface area contributed by atoms with Gasteiger partial charge in [0.25, 0.3) is 5.69 Å². The number of carbonyl (C=O) groups excluding carboxylic acids is 1. The van der Waals surface area contributed by atoms with Gasteiger partial charge >= 0.3 is 0 Å². The van der Waals surface area contributed by atoms with Gasteiger partial charge in [0, 0.05) is 18.6 Å². The summed E-state index contributed by atoms with van der Waals surface area (Å²) < 4.78 is 0. The van der Waals surface area contributed by atoms with Crippen LogP contribution in [0.15, 0.2) is 18.2 Å². The van der Waals surface area contributed by atoms with Gasteiger partial charge in [-0.15, -0.1) is 0 Å². The predicted octanol–water partition coefficient (Wildman–Crippen LogP) is 1.87. The van der Waals surface area contributed by atoms with Crippen LogP contribution in [-0.4, -0.2) is 10.8 Å². The van der Waals surface area contributed by atoms with E-state index in [4.69, 9.17) is 5.84 Å². The van der Waals surface area contributed by atoms with E-state index in [1.165, 1.54) is 12.1 Å². The Morgan fingerprint density at radius 1 is 1.44 bits per heavy atom. The zero-order valence-corrected chi connectivity index (χ0v) is 10.3. The molecule has 1 aliphatic rings. The van der Waals surface area contributed by atoms with E-state index in [0.717, 1.165) is 10.6 Å².